The van der Waals surface area contributed by atoms with Gasteiger partial charge in [-0.3, -0.25) is 14.4 Å². The van der Waals surface area contributed by atoms with Crippen LogP contribution in [0.5, 0.6) is 0 Å². The first-order chi connectivity index (χ1) is 12.0. The molecule has 1 fully saturated rings. The number of carbonyl (C=O) groups is 2. The fourth-order valence-corrected chi connectivity index (χ4v) is 3.20. The number of aromatic nitrogens is 1. The first kappa shape index (κ1) is 17.0. The summed E-state index contributed by atoms with van der Waals surface area (Å²) in [6.45, 7) is 1.08. The normalized spacial score (nSPS) is 17.4. The second-order valence-corrected chi connectivity index (χ2v) is 6.28. The van der Waals surface area contributed by atoms with Crippen LogP contribution < -0.4 is 5.56 Å². The monoisotopic (exact) mass is 344 g/mol. The molecule has 0 aromatic carbocycles. The first-order valence-electron chi connectivity index (χ1n) is 8.33. The molecule has 3 rings (SSSR count). The van der Waals surface area contributed by atoms with Crippen LogP contribution in [0, 0.1) is 5.92 Å². The Balaban J connectivity index is 1.72. The number of aromatic amines is 1. The van der Waals surface area contributed by atoms with Crippen molar-refractivity contribution in [3.05, 3.63) is 46.4 Å². The molecule has 132 valence electrons. The van der Waals surface area contributed by atoms with Gasteiger partial charge < -0.3 is 19.4 Å². The molecule has 1 aliphatic heterocycles. The van der Waals surface area contributed by atoms with Gasteiger partial charge in [0.1, 0.15) is 11.3 Å². The smallest absolute Gasteiger partial charge is 0.303 e. The van der Waals surface area contributed by atoms with Gasteiger partial charge in [0.25, 0.3) is 11.5 Å². The summed E-state index contributed by atoms with van der Waals surface area (Å²) in [5, 5.41) is 8.80. The maximum absolute atomic E-state index is 12.7. The van der Waals surface area contributed by atoms with Gasteiger partial charge in [-0.2, -0.15) is 0 Å². The van der Waals surface area contributed by atoms with Crippen LogP contribution in [0.25, 0.3) is 11.5 Å². The van der Waals surface area contributed by atoms with Crippen LogP contribution in [-0.4, -0.2) is 40.0 Å². The second-order valence-electron chi connectivity index (χ2n) is 6.28. The Morgan fingerprint density at radius 2 is 2.16 bits per heavy atom. The van der Waals surface area contributed by atoms with Crippen molar-refractivity contribution in [3.8, 4) is 11.5 Å². The van der Waals surface area contributed by atoms with Crippen LogP contribution in [-0.2, 0) is 4.79 Å². The summed E-state index contributed by atoms with van der Waals surface area (Å²) >= 11 is 0. The third-order valence-corrected chi connectivity index (χ3v) is 4.50. The van der Waals surface area contributed by atoms with E-state index in [0.29, 0.717) is 31.0 Å². The fourth-order valence-electron chi connectivity index (χ4n) is 3.20. The van der Waals surface area contributed by atoms with Crippen molar-refractivity contribution in [1.82, 2.24) is 9.88 Å². The highest BCUT2D eigenvalue weighted by Gasteiger charge is 2.26. The predicted octanol–water partition coefficient (Wildman–Crippen LogP) is 2.35. The Labute approximate surface area is 144 Å². The molecular formula is C18H20N2O5. The zero-order valence-corrected chi connectivity index (χ0v) is 13.7. The van der Waals surface area contributed by atoms with E-state index in [-0.39, 0.29) is 23.8 Å². The average molecular weight is 344 g/mol. The lowest BCUT2D eigenvalue weighted by Crippen LogP contribution is -2.42. The topological polar surface area (TPSA) is 104 Å². The number of piperidine rings is 1. The maximum atomic E-state index is 12.7. The van der Waals surface area contributed by atoms with Gasteiger partial charge in [0, 0.05) is 19.5 Å². The van der Waals surface area contributed by atoms with Crippen LogP contribution in [0.3, 0.4) is 0 Å². The Morgan fingerprint density at radius 1 is 1.32 bits per heavy atom. The molecule has 1 atom stereocenters. The lowest BCUT2D eigenvalue weighted by atomic mass is 9.93. The number of hydrogen-bond acceptors (Lipinski definition) is 4. The summed E-state index contributed by atoms with van der Waals surface area (Å²) in [6.07, 6.45) is 3.89. The molecule has 1 saturated heterocycles. The van der Waals surface area contributed by atoms with E-state index in [1.165, 1.54) is 12.3 Å². The zero-order valence-electron chi connectivity index (χ0n) is 13.7. The van der Waals surface area contributed by atoms with E-state index in [0.717, 1.165) is 12.8 Å². The Hall–Kier alpha value is -2.83. The van der Waals surface area contributed by atoms with Gasteiger partial charge in [0.15, 0.2) is 0 Å². The molecule has 25 heavy (non-hydrogen) atoms. The van der Waals surface area contributed by atoms with Crippen molar-refractivity contribution in [2.45, 2.75) is 25.7 Å². The molecule has 0 radical (unpaired) electrons. The van der Waals surface area contributed by atoms with E-state index >= 15 is 0 Å². The number of rotatable bonds is 5. The van der Waals surface area contributed by atoms with Crippen molar-refractivity contribution in [2.24, 2.45) is 5.92 Å². The van der Waals surface area contributed by atoms with Gasteiger partial charge in [-0.15, -0.1) is 0 Å². The molecule has 0 aliphatic carbocycles. The number of carboxylic acid groups (broad SMARTS) is 1. The number of nitrogens with one attached hydrogen (secondary N) is 1. The van der Waals surface area contributed by atoms with E-state index in [2.05, 4.69) is 4.98 Å². The van der Waals surface area contributed by atoms with Crippen LogP contribution >= 0.6 is 0 Å². The lowest BCUT2D eigenvalue weighted by molar-refractivity contribution is -0.137. The molecule has 1 unspecified atom stereocenters. The van der Waals surface area contributed by atoms with Crippen molar-refractivity contribution in [3.63, 3.8) is 0 Å². The summed E-state index contributed by atoms with van der Waals surface area (Å²) in [5.41, 5.74) is 0.158. The predicted molar refractivity (Wildman–Crippen MR) is 90.3 cm³/mol. The van der Waals surface area contributed by atoms with E-state index in [1.807, 2.05) is 0 Å². The number of carboxylic acids is 1. The minimum atomic E-state index is -0.826. The fraction of sp³-hybridized carbons (Fsp3) is 0.389. The number of amides is 1. The molecule has 2 N–H and O–H groups in total. The Bertz CT molecular complexity index is 809. The minimum absolute atomic E-state index is 0.0918. The van der Waals surface area contributed by atoms with Crippen LogP contribution in [0.1, 0.15) is 36.0 Å². The van der Waals surface area contributed by atoms with Crippen molar-refractivity contribution >= 4 is 11.9 Å². The molecule has 1 amide bonds. The van der Waals surface area contributed by atoms with Crippen LogP contribution in [0.15, 0.2) is 39.7 Å². The van der Waals surface area contributed by atoms with Crippen molar-refractivity contribution in [2.75, 3.05) is 13.1 Å². The van der Waals surface area contributed by atoms with E-state index in [9.17, 15) is 14.4 Å². The Morgan fingerprint density at radius 3 is 2.84 bits per heavy atom. The largest absolute Gasteiger partial charge is 0.481 e. The number of H-pyrrole nitrogens is 1. The quantitative estimate of drug-likeness (QED) is 0.866. The molecule has 0 bridgehead atoms. The third-order valence-electron chi connectivity index (χ3n) is 4.50. The van der Waals surface area contributed by atoms with Gasteiger partial charge in [0.2, 0.25) is 0 Å². The second kappa shape index (κ2) is 7.38. The molecule has 2 aromatic heterocycles. The minimum Gasteiger partial charge on any atom is -0.481 e. The number of likely N-dealkylation sites (tertiary alicyclic amines) is 1. The number of aliphatic carboxylic acids is 1. The van der Waals surface area contributed by atoms with Crippen LogP contribution in [0.2, 0.25) is 0 Å². The summed E-state index contributed by atoms with van der Waals surface area (Å²) in [6, 6.07) is 6.61. The molecule has 1 aliphatic rings. The van der Waals surface area contributed by atoms with Crippen LogP contribution in [0.4, 0.5) is 0 Å². The average Bonchev–Trinajstić information content (AvgIpc) is 3.14. The molecule has 0 saturated carbocycles. The number of carbonyl (C=O) groups excluding carboxylic acids is 1. The molecule has 7 heteroatoms. The summed E-state index contributed by atoms with van der Waals surface area (Å²) in [7, 11) is 0. The maximum Gasteiger partial charge on any atom is 0.303 e. The highest BCUT2D eigenvalue weighted by atomic mass is 16.4. The number of pyridine rings is 1. The van der Waals surface area contributed by atoms with Crippen molar-refractivity contribution in [1.29, 1.82) is 0 Å². The standard InChI is InChI=1S/C18H20N2O5/c21-16(22)8-5-12-3-1-9-20(11-12)18(24)13-6-7-14(19-17(13)23)15-4-2-10-25-15/h2,4,6-7,10,12H,1,3,5,8-9,11H2,(H,19,23)(H,21,22). The van der Waals surface area contributed by atoms with Gasteiger partial charge in [0.05, 0.1) is 12.0 Å². The Kier molecular flexibility index (Phi) is 5.02. The van der Waals surface area contributed by atoms with E-state index in [4.69, 9.17) is 9.52 Å². The first-order valence-corrected chi connectivity index (χ1v) is 8.33. The van der Waals surface area contributed by atoms with Crippen molar-refractivity contribution < 1.29 is 19.1 Å². The molecule has 2 aromatic rings. The third kappa shape index (κ3) is 3.99. The summed E-state index contributed by atoms with van der Waals surface area (Å²) in [4.78, 5) is 40.0. The highest BCUT2D eigenvalue weighted by Crippen LogP contribution is 2.22. The lowest BCUT2D eigenvalue weighted by Gasteiger charge is -2.32. The van der Waals surface area contributed by atoms with E-state index in [1.54, 1.807) is 23.1 Å². The zero-order chi connectivity index (χ0) is 17.8. The number of hydrogen-bond donors (Lipinski definition) is 2. The molecular weight excluding hydrogens is 324 g/mol. The number of furan rings is 1. The van der Waals surface area contributed by atoms with Gasteiger partial charge >= 0.3 is 5.97 Å². The van der Waals surface area contributed by atoms with Gasteiger partial charge in [-0.25, -0.2) is 0 Å². The SMILES string of the molecule is O=C(O)CCC1CCCN(C(=O)c2ccc(-c3ccco3)[nH]c2=O)C1. The number of nitrogens with zero attached hydrogens (tertiary/aromatic N) is 1. The van der Waals surface area contributed by atoms with Gasteiger partial charge in [-0.1, -0.05) is 0 Å². The summed E-state index contributed by atoms with van der Waals surface area (Å²) < 4.78 is 5.24. The molecule has 3 heterocycles. The van der Waals surface area contributed by atoms with Gasteiger partial charge in [-0.05, 0) is 49.4 Å². The molecule has 7 nitrogen and oxygen atoms in total. The summed E-state index contributed by atoms with van der Waals surface area (Å²) in [5.74, 6) is -0.446. The van der Waals surface area contributed by atoms with E-state index < -0.39 is 11.5 Å². The highest BCUT2D eigenvalue weighted by molar-refractivity contribution is 5.94. The molecule has 0 spiro atoms.